The molecule has 3 heterocycles. The number of hydrogen-bond donors (Lipinski definition) is 0. The molecular formula is C26H34FN3O2. The van der Waals surface area contributed by atoms with Crippen LogP contribution in [-0.2, 0) is 4.79 Å². The number of rotatable bonds is 5. The van der Waals surface area contributed by atoms with E-state index in [0.717, 1.165) is 37.4 Å². The second kappa shape index (κ2) is 9.10. The normalized spacial score (nSPS) is 26.0. The Labute approximate surface area is 190 Å². The molecule has 0 radical (unpaired) electrons. The van der Waals surface area contributed by atoms with E-state index in [4.69, 9.17) is 4.74 Å². The van der Waals surface area contributed by atoms with E-state index in [9.17, 15) is 9.18 Å². The highest BCUT2D eigenvalue weighted by molar-refractivity contribution is 5.96. The van der Waals surface area contributed by atoms with E-state index in [1.807, 2.05) is 20.0 Å². The van der Waals surface area contributed by atoms with Gasteiger partial charge < -0.3 is 19.4 Å². The van der Waals surface area contributed by atoms with Crippen molar-refractivity contribution in [3.63, 3.8) is 0 Å². The van der Waals surface area contributed by atoms with Gasteiger partial charge in [-0.1, -0.05) is 12.1 Å². The summed E-state index contributed by atoms with van der Waals surface area (Å²) in [4.78, 5) is 19.9. The van der Waals surface area contributed by atoms with Crippen LogP contribution in [0.2, 0.25) is 0 Å². The van der Waals surface area contributed by atoms with Crippen LogP contribution in [0.5, 0.6) is 5.75 Å². The number of fused-ring (bicyclic) bond motifs is 1. The summed E-state index contributed by atoms with van der Waals surface area (Å²) in [5.41, 5.74) is 2.49. The van der Waals surface area contributed by atoms with E-state index in [2.05, 4.69) is 35.8 Å². The van der Waals surface area contributed by atoms with Gasteiger partial charge in [-0.15, -0.1) is 0 Å². The van der Waals surface area contributed by atoms with E-state index < -0.39 is 5.82 Å². The molecular weight excluding hydrogens is 405 g/mol. The van der Waals surface area contributed by atoms with Crippen molar-refractivity contribution < 1.29 is 13.9 Å². The van der Waals surface area contributed by atoms with Crippen molar-refractivity contribution in [2.75, 3.05) is 33.3 Å². The smallest absolute Gasteiger partial charge is 0.251 e. The van der Waals surface area contributed by atoms with Crippen molar-refractivity contribution >= 4 is 11.5 Å². The number of halogens is 1. The Balaban J connectivity index is 1.46. The molecule has 5 nitrogen and oxygen atoms in total. The zero-order chi connectivity index (χ0) is 23.0. The molecule has 0 spiro atoms. The van der Waals surface area contributed by atoms with Crippen LogP contribution in [-0.4, -0.2) is 66.0 Å². The van der Waals surface area contributed by atoms with Gasteiger partial charge in [-0.25, -0.2) is 4.39 Å². The van der Waals surface area contributed by atoms with Gasteiger partial charge in [-0.3, -0.25) is 4.79 Å². The molecule has 1 aromatic rings. The third kappa shape index (κ3) is 4.46. The lowest BCUT2D eigenvalue weighted by Gasteiger charge is -2.31. The van der Waals surface area contributed by atoms with Gasteiger partial charge in [0.25, 0.3) is 5.91 Å². The van der Waals surface area contributed by atoms with Crippen LogP contribution in [0.3, 0.4) is 0 Å². The van der Waals surface area contributed by atoms with Crippen LogP contribution >= 0.6 is 0 Å². The predicted octanol–water partition coefficient (Wildman–Crippen LogP) is 4.14. The molecule has 0 N–H and O–H groups in total. The van der Waals surface area contributed by atoms with Gasteiger partial charge in [0, 0.05) is 44.5 Å². The topological polar surface area (TPSA) is 36.0 Å². The molecule has 2 fully saturated rings. The maximum absolute atomic E-state index is 14.1. The Morgan fingerprint density at radius 3 is 2.47 bits per heavy atom. The highest BCUT2D eigenvalue weighted by Gasteiger charge is 2.41. The van der Waals surface area contributed by atoms with Crippen molar-refractivity contribution in [2.45, 2.75) is 39.8 Å². The summed E-state index contributed by atoms with van der Waals surface area (Å²) < 4.78 is 19.1. The largest absolute Gasteiger partial charge is 0.494 e. The molecule has 0 bridgehead atoms. The van der Waals surface area contributed by atoms with Crippen LogP contribution in [0.15, 0.2) is 48.3 Å². The van der Waals surface area contributed by atoms with E-state index in [-0.39, 0.29) is 17.7 Å². The maximum Gasteiger partial charge on any atom is 0.251 e. The van der Waals surface area contributed by atoms with Crippen LogP contribution in [0, 0.1) is 17.7 Å². The number of likely N-dealkylation sites (tertiary alicyclic amines) is 2. The molecule has 0 saturated carbocycles. The van der Waals surface area contributed by atoms with Crippen LogP contribution < -0.4 is 4.74 Å². The molecule has 3 atom stereocenters. The average Bonchev–Trinajstić information content (AvgIpc) is 3.33. The van der Waals surface area contributed by atoms with Gasteiger partial charge in [0.15, 0.2) is 11.6 Å². The highest BCUT2D eigenvalue weighted by Crippen LogP contribution is 2.35. The number of carbonyl (C=O) groups excluding carboxylic acids is 1. The number of hydrogen-bond acceptors (Lipinski definition) is 4. The fourth-order valence-electron chi connectivity index (χ4n) is 5.00. The minimum Gasteiger partial charge on any atom is -0.494 e. The predicted molar refractivity (Wildman–Crippen MR) is 125 cm³/mol. The van der Waals surface area contributed by atoms with Gasteiger partial charge in [0.05, 0.1) is 18.8 Å². The van der Waals surface area contributed by atoms with Crippen molar-refractivity contribution in [3.8, 4) is 5.75 Å². The molecule has 0 aliphatic carbocycles. The molecule has 2 saturated heterocycles. The third-order valence-corrected chi connectivity index (χ3v) is 7.07. The maximum atomic E-state index is 14.1. The van der Waals surface area contributed by atoms with E-state index in [0.29, 0.717) is 23.4 Å². The van der Waals surface area contributed by atoms with Crippen LogP contribution in [0.1, 0.15) is 33.3 Å². The first-order valence-corrected chi connectivity index (χ1v) is 11.5. The van der Waals surface area contributed by atoms with Crippen LogP contribution in [0.4, 0.5) is 4.39 Å². The fraction of sp³-hybridized carbons (Fsp3) is 0.500. The standard InChI is InChI=1S/C26H34FN3O2/c1-17(2)28-12-21-14-29(15-22(21)13-28)23-8-6-19(4)30(16-23)26(31)10-18(3)20-7-9-25(32-5)24(27)11-20/h6-11,16-17,19,21-22H,12-15H2,1-5H3/b18-10+/t19?,21-,22+. The van der Waals surface area contributed by atoms with Gasteiger partial charge in [0.1, 0.15) is 0 Å². The Morgan fingerprint density at radius 1 is 1.19 bits per heavy atom. The number of ether oxygens (including phenoxy) is 1. The Morgan fingerprint density at radius 2 is 1.88 bits per heavy atom. The lowest BCUT2D eigenvalue weighted by Crippen LogP contribution is -2.37. The highest BCUT2D eigenvalue weighted by atomic mass is 19.1. The summed E-state index contributed by atoms with van der Waals surface area (Å²) in [5.74, 6) is 1.06. The van der Waals surface area contributed by atoms with E-state index in [1.54, 1.807) is 23.1 Å². The monoisotopic (exact) mass is 439 g/mol. The summed E-state index contributed by atoms with van der Waals surface area (Å²) >= 11 is 0. The second-order valence-electron chi connectivity index (χ2n) is 9.55. The zero-order valence-electron chi connectivity index (χ0n) is 19.7. The third-order valence-electron chi connectivity index (χ3n) is 7.07. The Bertz CT molecular complexity index is 954. The number of methoxy groups -OCH3 is 1. The van der Waals surface area contributed by atoms with E-state index in [1.165, 1.54) is 13.2 Å². The van der Waals surface area contributed by atoms with Gasteiger partial charge in [-0.05, 0) is 68.9 Å². The zero-order valence-corrected chi connectivity index (χ0v) is 19.7. The fourth-order valence-corrected chi connectivity index (χ4v) is 5.00. The quantitative estimate of drug-likeness (QED) is 0.646. The Kier molecular flexibility index (Phi) is 6.42. The number of carbonyl (C=O) groups is 1. The van der Waals surface area contributed by atoms with Gasteiger partial charge >= 0.3 is 0 Å². The van der Waals surface area contributed by atoms with Crippen molar-refractivity contribution in [2.24, 2.45) is 11.8 Å². The molecule has 3 aliphatic heterocycles. The summed E-state index contributed by atoms with van der Waals surface area (Å²) in [5, 5.41) is 0. The van der Waals surface area contributed by atoms with Crippen molar-refractivity contribution in [1.29, 1.82) is 0 Å². The minimum absolute atomic E-state index is 0.0264. The van der Waals surface area contributed by atoms with Gasteiger partial charge in [-0.2, -0.15) is 0 Å². The van der Waals surface area contributed by atoms with Crippen LogP contribution in [0.25, 0.3) is 5.57 Å². The molecule has 0 aromatic heterocycles. The summed E-state index contributed by atoms with van der Waals surface area (Å²) in [6.07, 6.45) is 7.79. The molecule has 1 amide bonds. The SMILES string of the molecule is COc1ccc(/C(C)=C/C(=O)N2C=C(N3C[C@@H]4CN(C(C)C)C[C@@H]4C3)C=CC2C)cc1F. The summed E-state index contributed by atoms with van der Waals surface area (Å²) in [7, 11) is 1.44. The lowest BCUT2D eigenvalue weighted by atomic mass is 10.0. The molecule has 32 heavy (non-hydrogen) atoms. The number of nitrogens with zero attached hydrogens (tertiary/aromatic N) is 3. The molecule has 1 unspecified atom stereocenters. The lowest BCUT2D eigenvalue weighted by molar-refractivity contribution is -0.124. The molecule has 3 aliphatic rings. The number of amides is 1. The van der Waals surface area contributed by atoms with Crippen molar-refractivity contribution in [3.05, 3.63) is 59.7 Å². The summed E-state index contributed by atoms with van der Waals surface area (Å²) in [6.45, 7) is 12.8. The van der Waals surface area contributed by atoms with Gasteiger partial charge in [0.2, 0.25) is 0 Å². The second-order valence-corrected chi connectivity index (χ2v) is 9.55. The molecule has 1 aromatic carbocycles. The first-order chi connectivity index (χ1) is 15.3. The first kappa shape index (κ1) is 22.6. The molecule has 172 valence electrons. The average molecular weight is 440 g/mol. The summed E-state index contributed by atoms with van der Waals surface area (Å²) in [6, 6.07) is 5.34. The number of benzene rings is 1. The Hall–Kier alpha value is -2.60. The molecule has 6 heteroatoms. The number of allylic oxidation sites excluding steroid dienone is 2. The van der Waals surface area contributed by atoms with E-state index >= 15 is 0 Å². The van der Waals surface area contributed by atoms with Crippen molar-refractivity contribution in [1.82, 2.24) is 14.7 Å². The first-order valence-electron chi connectivity index (χ1n) is 11.5. The molecule has 4 rings (SSSR count). The minimum atomic E-state index is -0.433.